The largest absolute Gasteiger partial charge is 0.306 e. The fraction of sp³-hybridized carbons (Fsp3) is 0.150. The molecule has 2 aromatic heterocycles. The van der Waals surface area contributed by atoms with Crippen LogP contribution in [0.5, 0.6) is 0 Å². The van der Waals surface area contributed by atoms with Crippen molar-refractivity contribution in [1.82, 2.24) is 14.8 Å². The number of carbonyl (C=O) groups is 1. The van der Waals surface area contributed by atoms with Crippen molar-refractivity contribution in [3.63, 3.8) is 0 Å². The summed E-state index contributed by atoms with van der Waals surface area (Å²) in [6.07, 6.45) is 0. The van der Waals surface area contributed by atoms with Gasteiger partial charge in [0.2, 0.25) is 5.13 Å². The molecule has 0 spiro atoms. The van der Waals surface area contributed by atoms with Crippen LogP contribution in [-0.4, -0.2) is 20.7 Å². The molecule has 0 aliphatic heterocycles. The lowest BCUT2D eigenvalue weighted by Gasteiger charge is -2.09. The van der Waals surface area contributed by atoms with Gasteiger partial charge in [-0.15, -0.1) is 0 Å². The number of para-hydroxylation sites is 1. The number of carbonyl (C=O) groups excluding carboxylic acids is 1. The number of benzene rings is 2. The number of nitrogens with one attached hydrogen (secondary N) is 1. The van der Waals surface area contributed by atoms with Gasteiger partial charge in [0.1, 0.15) is 5.82 Å². The number of hydrogen-bond donors (Lipinski definition) is 1. The number of hydrogen-bond acceptors (Lipinski definition) is 4. The molecule has 5 nitrogen and oxygen atoms in total. The lowest BCUT2D eigenvalue weighted by molar-refractivity contribution is 0.102. The standard InChI is InChI=1S/C20H18N4OS/c1-12-8-9-13(2)15(10-12)19(25)22-18-11-14(3)23-24(18)20-21-16-6-4-5-7-17(16)26-20/h4-11H,1-3H3,(H,22,25). The van der Waals surface area contributed by atoms with Gasteiger partial charge in [0, 0.05) is 11.6 Å². The average Bonchev–Trinajstić information content (AvgIpc) is 3.19. The lowest BCUT2D eigenvalue weighted by atomic mass is 10.1. The smallest absolute Gasteiger partial charge is 0.257 e. The van der Waals surface area contributed by atoms with E-state index in [9.17, 15) is 4.79 Å². The first-order valence-corrected chi connectivity index (χ1v) is 9.14. The maximum absolute atomic E-state index is 12.8. The Kier molecular flexibility index (Phi) is 4.05. The monoisotopic (exact) mass is 362 g/mol. The number of amides is 1. The van der Waals surface area contributed by atoms with Gasteiger partial charge in [-0.3, -0.25) is 4.79 Å². The Bertz CT molecular complexity index is 1090. The van der Waals surface area contributed by atoms with E-state index in [0.717, 1.165) is 32.2 Å². The first-order valence-electron chi connectivity index (χ1n) is 8.32. The highest BCUT2D eigenvalue weighted by molar-refractivity contribution is 7.20. The number of aromatic nitrogens is 3. The molecule has 0 atom stereocenters. The van der Waals surface area contributed by atoms with Crippen LogP contribution in [0.3, 0.4) is 0 Å². The van der Waals surface area contributed by atoms with Gasteiger partial charge >= 0.3 is 0 Å². The minimum atomic E-state index is -0.145. The van der Waals surface area contributed by atoms with E-state index in [0.29, 0.717) is 11.4 Å². The summed E-state index contributed by atoms with van der Waals surface area (Å²) >= 11 is 1.54. The molecule has 0 radical (unpaired) electrons. The summed E-state index contributed by atoms with van der Waals surface area (Å²) in [5.41, 5.74) is 4.40. The predicted octanol–water partition coefficient (Wildman–Crippen LogP) is 4.66. The van der Waals surface area contributed by atoms with E-state index in [1.165, 1.54) is 0 Å². The summed E-state index contributed by atoms with van der Waals surface area (Å²) in [6, 6.07) is 15.7. The van der Waals surface area contributed by atoms with E-state index >= 15 is 0 Å². The molecule has 0 aliphatic rings. The average molecular weight is 362 g/mol. The van der Waals surface area contributed by atoms with Gasteiger partial charge in [-0.2, -0.15) is 9.78 Å². The van der Waals surface area contributed by atoms with Gasteiger partial charge < -0.3 is 5.32 Å². The fourth-order valence-corrected chi connectivity index (χ4v) is 3.78. The molecule has 4 rings (SSSR count). The highest BCUT2D eigenvalue weighted by atomic mass is 32.1. The Morgan fingerprint density at radius 3 is 2.69 bits per heavy atom. The Labute approximate surface area is 155 Å². The maximum Gasteiger partial charge on any atom is 0.257 e. The van der Waals surface area contributed by atoms with Crippen molar-refractivity contribution in [2.24, 2.45) is 0 Å². The van der Waals surface area contributed by atoms with Crippen molar-refractivity contribution in [2.45, 2.75) is 20.8 Å². The Balaban J connectivity index is 1.72. The van der Waals surface area contributed by atoms with Crippen LogP contribution in [0.4, 0.5) is 5.82 Å². The zero-order valence-electron chi connectivity index (χ0n) is 14.8. The molecular weight excluding hydrogens is 344 g/mol. The Morgan fingerprint density at radius 1 is 1.08 bits per heavy atom. The van der Waals surface area contributed by atoms with Gasteiger partial charge in [-0.1, -0.05) is 41.2 Å². The van der Waals surface area contributed by atoms with E-state index < -0.39 is 0 Å². The number of aryl methyl sites for hydroxylation is 3. The SMILES string of the molecule is Cc1ccc(C)c(C(=O)Nc2cc(C)nn2-c2nc3ccccc3s2)c1. The summed E-state index contributed by atoms with van der Waals surface area (Å²) in [7, 11) is 0. The van der Waals surface area contributed by atoms with E-state index in [1.807, 2.05) is 69.3 Å². The van der Waals surface area contributed by atoms with Crippen LogP contribution in [0.2, 0.25) is 0 Å². The Morgan fingerprint density at radius 2 is 1.88 bits per heavy atom. The fourth-order valence-electron chi connectivity index (χ4n) is 2.85. The molecule has 0 saturated heterocycles. The van der Waals surface area contributed by atoms with Gasteiger partial charge in [-0.05, 0) is 44.5 Å². The molecule has 2 aromatic carbocycles. The van der Waals surface area contributed by atoms with Crippen LogP contribution in [0, 0.1) is 20.8 Å². The van der Waals surface area contributed by atoms with Crippen LogP contribution in [0.1, 0.15) is 27.2 Å². The molecule has 1 amide bonds. The van der Waals surface area contributed by atoms with Crippen LogP contribution in [-0.2, 0) is 0 Å². The third kappa shape index (κ3) is 2.99. The number of nitrogens with zero attached hydrogens (tertiary/aromatic N) is 3. The predicted molar refractivity (Wildman–Crippen MR) is 105 cm³/mol. The first-order chi connectivity index (χ1) is 12.5. The van der Waals surface area contributed by atoms with Crippen molar-refractivity contribution < 1.29 is 4.79 Å². The topological polar surface area (TPSA) is 59.8 Å². The molecule has 2 heterocycles. The molecule has 130 valence electrons. The van der Waals surface area contributed by atoms with E-state index in [-0.39, 0.29) is 5.91 Å². The molecule has 0 saturated carbocycles. The van der Waals surface area contributed by atoms with Crippen LogP contribution >= 0.6 is 11.3 Å². The number of rotatable bonds is 3. The summed E-state index contributed by atoms with van der Waals surface area (Å²) in [5.74, 6) is 0.473. The van der Waals surface area contributed by atoms with Crippen molar-refractivity contribution in [3.05, 3.63) is 70.9 Å². The Hall–Kier alpha value is -2.99. The molecule has 0 fully saturated rings. The molecule has 0 bridgehead atoms. The zero-order valence-corrected chi connectivity index (χ0v) is 15.6. The first kappa shape index (κ1) is 16.5. The number of anilines is 1. The van der Waals surface area contributed by atoms with Crippen molar-refractivity contribution in [1.29, 1.82) is 0 Å². The van der Waals surface area contributed by atoms with Crippen molar-refractivity contribution in [3.8, 4) is 5.13 Å². The third-order valence-electron chi connectivity index (χ3n) is 4.17. The van der Waals surface area contributed by atoms with E-state index in [4.69, 9.17) is 0 Å². The highest BCUT2D eigenvalue weighted by Crippen LogP contribution is 2.27. The normalized spacial score (nSPS) is 11.0. The van der Waals surface area contributed by atoms with E-state index in [2.05, 4.69) is 15.4 Å². The van der Waals surface area contributed by atoms with Crippen LogP contribution in [0.25, 0.3) is 15.3 Å². The van der Waals surface area contributed by atoms with Crippen molar-refractivity contribution >= 4 is 33.3 Å². The van der Waals surface area contributed by atoms with Crippen LogP contribution in [0.15, 0.2) is 48.5 Å². The van der Waals surface area contributed by atoms with Gasteiger partial charge in [0.25, 0.3) is 5.91 Å². The highest BCUT2D eigenvalue weighted by Gasteiger charge is 2.16. The maximum atomic E-state index is 12.8. The summed E-state index contributed by atoms with van der Waals surface area (Å²) < 4.78 is 2.78. The van der Waals surface area contributed by atoms with Gasteiger partial charge in [0.15, 0.2) is 0 Å². The molecule has 4 aromatic rings. The second kappa shape index (κ2) is 6.38. The summed E-state index contributed by atoms with van der Waals surface area (Å²) in [6.45, 7) is 5.81. The minimum absolute atomic E-state index is 0.145. The minimum Gasteiger partial charge on any atom is -0.306 e. The van der Waals surface area contributed by atoms with E-state index in [1.54, 1.807) is 16.0 Å². The zero-order chi connectivity index (χ0) is 18.3. The molecular formula is C20H18N4OS. The summed E-state index contributed by atoms with van der Waals surface area (Å²) in [4.78, 5) is 17.4. The second-order valence-electron chi connectivity index (χ2n) is 6.32. The second-order valence-corrected chi connectivity index (χ2v) is 7.33. The molecule has 0 unspecified atom stereocenters. The van der Waals surface area contributed by atoms with Crippen molar-refractivity contribution in [2.75, 3.05) is 5.32 Å². The number of thiazole rings is 1. The molecule has 6 heteroatoms. The number of fused-ring (bicyclic) bond motifs is 1. The van der Waals surface area contributed by atoms with Crippen LogP contribution < -0.4 is 5.32 Å². The third-order valence-corrected chi connectivity index (χ3v) is 5.19. The molecule has 26 heavy (non-hydrogen) atoms. The van der Waals surface area contributed by atoms with Gasteiger partial charge in [0.05, 0.1) is 15.9 Å². The summed E-state index contributed by atoms with van der Waals surface area (Å²) in [5, 5.41) is 8.23. The van der Waals surface area contributed by atoms with Gasteiger partial charge in [-0.25, -0.2) is 4.98 Å². The molecule has 1 N–H and O–H groups in total. The lowest BCUT2D eigenvalue weighted by Crippen LogP contribution is -2.16. The molecule has 0 aliphatic carbocycles. The quantitative estimate of drug-likeness (QED) is 0.577.